The average molecular weight is 338 g/mol. The second kappa shape index (κ2) is 6.38. The van der Waals surface area contributed by atoms with Gasteiger partial charge in [-0.05, 0) is 24.3 Å². The quantitative estimate of drug-likeness (QED) is 0.612. The SMILES string of the molecule is COc1ccc(Br)c(COc2cccc([N+](=O)[O-])c2)c1. The lowest BCUT2D eigenvalue weighted by Crippen LogP contribution is -1.98. The fraction of sp³-hybridized carbons (Fsp3) is 0.143. The first kappa shape index (κ1) is 14.3. The predicted molar refractivity (Wildman–Crippen MR) is 78.1 cm³/mol. The van der Waals surface area contributed by atoms with Gasteiger partial charge in [-0.2, -0.15) is 0 Å². The lowest BCUT2D eigenvalue weighted by molar-refractivity contribution is -0.384. The van der Waals surface area contributed by atoms with E-state index >= 15 is 0 Å². The van der Waals surface area contributed by atoms with E-state index in [0.717, 1.165) is 15.8 Å². The fourth-order valence-corrected chi connectivity index (χ4v) is 2.00. The van der Waals surface area contributed by atoms with Crippen molar-refractivity contribution in [1.29, 1.82) is 0 Å². The predicted octanol–water partition coefficient (Wildman–Crippen LogP) is 3.94. The summed E-state index contributed by atoms with van der Waals surface area (Å²) in [4.78, 5) is 10.2. The second-order valence-electron chi connectivity index (χ2n) is 4.00. The van der Waals surface area contributed by atoms with Crippen LogP contribution in [0.25, 0.3) is 0 Å². The van der Waals surface area contributed by atoms with Crippen molar-refractivity contribution in [2.45, 2.75) is 6.61 Å². The Kier molecular flexibility index (Phi) is 4.57. The molecule has 0 spiro atoms. The maximum Gasteiger partial charge on any atom is 0.273 e. The molecule has 0 unspecified atom stereocenters. The van der Waals surface area contributed by atoms with E-state index in [1.807, 2.05) is 18.2 Å². The van der Waals surface area contributed by atoms with Crippen LogP contribution in [0.5, 0.6) is 11.5 Å². The van der Waals surface area contributed by atoms with Crippen molar-refractivity contribution in [3.63, 3.8) is 0 Å². The number of benzene rings is 2. The summed E-state index contributed by atoms with van der Waals surface area (Å²) >= 11 is 3.43. The Labute approximate surface area is 124 Å². The Morgan fingerprint density at radius 1 is 1.20 bits per heavy atom. The minimum Gasteiger partial charge on any atom is -0.497 e. The Morgan fingerprint density at radius 3 is 2.70 bits per heavy atom. The van der Waals surface area contributed by atoms with E-state index in [4.69, 9.17) is 9.47 Å². The number of nitro benzene ring substituents is 1. The molecular formula is C14H12BrNO4. The van der Waals surface area contributed by atoms with Crippen molar-refractivity contribution in [3.05, 3.63) is 62.6 Å². The highest BCUT2D eigenvalue weighted by atomic mass is 79.9. The summed E-state index contributed by atoms with van der Waals surface area (Å²) in [5.41, 5.74) is 0.906. The maximum atomic E-state index is 10.7. The lowest BCUT2D eigenvalue weighted by atomic mass is 10.2. The molecule has 0 radical (unpaired) electrons. The van der Waals surface area contributed by atoms with Crippen molar-refractivity contribution < 1.29 is 14.4 Å². The van der Waals surface area contributed by atoms with Crippen molar-refractivity contribution >= 4 is 21.6 Å². The van der Waals surface area contributed by atoms with Crippen LogP contribution in [-0.4, -0.2) is 12.0 Å². The number of nitrogens with zero attached hydrogens (tertiary/aromatic N) is 1. The van der Waals surface area contributed by atoms with E-state index in [1.54, 1.807) is 19.2 Å². The zero-order chi connectivity index (χ0) is 14.5. The van der Waals surface area contributed by atoms with Gasteiger partial charge >= 0.3 is 0 Å². The van der Waals surface area contributed by atoms with Gasteiger partial charge in [0, 0.05) is 16.1 Å². The van der Waals surface area contributed by atoms with Gasteiger partial charge in [0.25, 0.3) is 5.69 Å². The average Bonchev–Trinajstić information content (AvgIpc) is 2.46. The number of halogens is 1. The largest absolute Gasteiger partial charge is 0.497 e. The molecule has 104 valence electrons. The Morgan fingerprint density at radius 2 is 2.00 bits per heavy atom. The number of methoxy groups -OCH3 is 1. The third-order valence-electron chi connectivity index (χ3n) is 2.68. The Bertz CT molecular complexity index is 630. The van der Waals surface area contributed by atoms with Crippen LogP contribution in [0.2, 0.25) is 0 Å². The van der Waals surface area contributed by atoms with Gasteiger partial charge in [-0.3, -0.25) is 10.1 Å². The summed E-state index contributed by atoms with van der Waals surface area (Å²) in [6.45, 7) is 0.291. The standard InChI is InChI=1S/C14H12BrNO4/c1-19-12-5-6-14(15)10(7-12)9-20-13-4-2-3-11(8-13)16(17)18/h2-8H,9H2,1H3. The molecule has 0 saturated heterocycles. The molecule has 20 heavy (non-hydrogen) atoms. The summed E-state index contributed by atoms with van der Waals surface area (Å²) in [5, 5.41) is 10.7. The maximum absolute atomic E-state index is 10.7. The Balaban J connectivity index is 2.12. The summed E-state index contributed by atoms with van der Waals surface area (Å²) in [7, 11) is 1.59. The molecule has 0 fully saturated rings. The molecule has 5 nitrogen and oxygen atoms in total. The van der Waals surface area contributed by atoms with Crippen molar-refractivity contribution in [2.24, 2.45) is 0 Å². The molecule has 0 aliphatic rings. The van der Waals surface area contributed by atoms with Crippen LogP contribution >= 0.6 is 15.9 Å². The Hall–Kier alpha value is -2.08. The molecule has 0 saturated carbocycles. The van der Waals surface area contributed by atoms with E-state index in [9.17, 15) is 10.1 Å². The van der Waals surface area contributed by atoms with E-state index in [2.05, 4.69) is 15.9 Å². The van der Waals surface area contributed by atoms with E-state index in [0.29, 0.717) is 12.4 Å². The summed E-state index contributed by atoms with van der Waals surface area (Å²) < 4.78 is 11.6. The first-order valence-electron chi connectivity index (χ1n) is 5.80. The van der Waals surface area contributed by atoms with Crippen LogP contribution in [-0.2, 0) is 6.61 Å². The van der Waals surface area contributed by atoms with E-state index < -0.39 is 4.92 Å². The minimum absolute atomic E-state index is 0.00667. The van der Waals surface area contributed by atoms with Gasteiger partial charge in [0.05, 0.1) is 18.1 Å². The molecule has 0 amide bonds. The van der Waals surface area contributed by atoms with Crippen molar-refractivity contribution in [1.82, 2.24) is 0 Å². The number of hydrogen-bond donors (Lipinski definition) is 0. The number of non-ortho nitro benzene ring substituents is 1. The topological polar surface area (TPSA) is 61.6 Å². The zero-order valence-corrected chi connectivity index (χ0v) is 12.3. The van der Waals surface area contributed by atoms with E-state index in [1.165, 1.54) is 12.1 Å². The summed E-state index contributed by atoms with van der Waals surface area (Å²) in [6, 6.07) is 11.6. The van der Waals surface area contributed by atoms with Crippen LogP contribution in [0.4, 0.5) is 5.69 Å². The summed E-state index contributed by atoms with van der Waals surface area (Å²) in [5.74, 6) is 1.18. The molecule has 0 atom stereocenters. The number of hydrogen-bond acceptors (Lipinski definition) is 4. The van der Waals surface area contributed by atoms with Gasteiger partial charge in [-0.1, -0.05) is 22.0 Å². The third kappa shape index (κ3) is 3.48. The molecule has 2 rings (SSSR count). The van der Waals surface area contributed by atoms with Gasteiger partial charge < -0.3 is 9.47 Å². The molecule has 2 aromatic rings. The van der Waals surface area contributed by atoms with Crippen LogP contribution in [0.3, 0.4) is 0 Å². The fourth-order valence-electron chi connectivity index (χ4n) is 1.64. The van der Waals surface area contributed by atoms with E-state index in [-0.39, 0.29) is 5.69 Å². The minimum atomic E-state index is -0.450. The van der Waals surface area contributed by atoms with Gasteiger partial charge in [0.2, 0.25) is 0 Å². The normalized spacial score (nSPS) is 10.1. The highest BCUT2D eigenvalue weighted by molar-refractivity contribution is 9.10. The van der Waals surface area contributed by atoms with Gasteiger partial charge in [-0.15, -0.1) is 0 Å². The van der Waals surface area contributed by atoms with Gasteiger partial charge in [-0.25, -0.2) is 0 Å². The van der Waals surface area contributed by atoms with Crippen LogP contribution < -0.4 is 9.47 Å². The molecule has 0 aromatic heterocycles. The smallest absolute Gasteiger partial charge is 0.273 e. The van der Waals surface area contributed by atoms with Gasteiger partial charge in [0.15, 0.2) is 0 Å². The molecule has 0 aliphatic heterocycles. The highest BCUT2D eigenvalue weighted by Gasteiger charge is 2.08. The number of rotatable bonds is 5. The molecule has 0 heterocycles. The van der Waals surface area contributed by atoms with Gasteiger partial charge in [0.1, 0.15) is 18.1 Å². The summed E-state index contributed by atoms with van der Waals surface area (Å²) in [6.07, 6.45) is 0. The molecule has 0 aliphatic carbocycles. The molecule has 6 heteroatoms. The molecule has 0 bridgehead atoms. The molecule has 0 N–H and O–H groups in total. The molecule has 2 aromatic carbocycles. The monoisotopic (exact) mass is 337 g/mol. The van der Waals surface area contributed by atoms with Crippen LogP contribution in [0, 0.1) is 10.1 Å². The second-order valence-corrected chi connectivity index (χ2v) is 4.85. The highest BCUT2D eigenvalue weighted by Crippen LogP contribution is 2.25. The van der Waals surface area contributed by atoms with Crippen LogP contribution in [0.15, 0.2) is 46.9 Å². The van der Waals surface area contributed by atoms with Crippen molar-refractivity contribution in [3.8, 4) is 11.5 Å². The van der Waals surface area contributed by atoms with Crippen LogP contribution in [0.1, 0.15) is 5.56 Å². The lowest BCUT2D eigenvalue weighted by Gasteiger charge is -2.09. The number of nitro groups is 1. The van der Waals surface area contributed by atoms with Crippen molar-refractivity contribution in [2.75, 3.05) is 7.11 Å². The number of ether oxygens (including phenoxy) is 2. The first-order chi connectivity index (χ1) is 9.60. The molecular weight excluding hydrogens is 326 g/mol. The first-order valence-corrected chi connectivity index (χ1v) is 6.59. The zero-order valence-electron chi connectivity index (χ0n) is 10.7. The third-order valence-corrected chi connectivity index (χ3v) is 3.45.